The quantitative estimate of drug-likeness (QED) is 0.626. The Kier molecular flexibility index (Phi) is 3.28. The minimum Gasteiger partial charge on any atom is -0.192 e. The van der Waals surface area contributed by atoms with Crippen LogP contribution in [0.1, 0.15) is 24.5 Å². The number of rotatable bonds is 2. The summed E-state index contributed by atoms with van der Waals surface area (Å²) in [7, 11) is 0. The first-order chi connectivity index (χ1) is 6.29. The van der Waals surface area contributed by atoms with Gasteiger partial charge in [-0.15, -0.1) is 0 Å². The van der Waals surface area contributed by atoms with E-state index >= 15 is 0 Å². The summed E-state index contributed by atoms with van der Waals surface area (Å²) in [5.41, 5.74) is 2.98. The highest BCUT2D eigenvalue weighted by atomic mass is 14.2. The van der Waals surface area contributed by atoms with Crippen LogP contribution in [-0.4, -0.2) is 0 Å². The molecule has 0 aromatic heterocycles. The van der Waals surface area contributed by atoms with Crippen LogP contribution in [0.4, 0.5) is 0 Å². The maximum atomic E-state index is 8.92. The summed E-state index contributed by atoms with van der Waals surface area (Å²) in [6.07, 6.45) is 2.86. The average molecular weight is 171 g/mol. The Morgan fingerprint density at radius 1 is 1.46 bits per heavy atom. The van der Waals surface area contributed by atoms with E-state index in [1.807, 2.05) is 44.2 Å². The number of allylic oxidation sites excluding steroid dienone is 2. The van der Waals surface area contributed by atoms with E-state index in [1.165, 1.54) is 0 Å². The lowest BCUT2D eigenvalue weighted by Crippen LogP contribution is -1.85. The predicted octanol–water partition coefficient (Wildman–Crippen LogP) is 3.31. The van der Waals surface area contributed by atoms with Gasteiger partial charge in [-0.25, -0.2) is 0 Å². The molecular formula is C12H13N. The van der Waals surface area contributed by atoms with Crippen LogP contribution in [0, 0.1) is 18.3 Å². The number of hydrogen-bond donors (Lipinski definition) is 0. The molecule has 13 heavy (non-hydrogen) atoms. The summed E-state index contributed by atoms with van der Waals surface area (Å²) >= 11 is 0. The largest absolute Gasteiger partial charge is 0.192 e. The third-order valence-electron chi connectivity index (χ3n) is 1.96. The van der Waals surface area contributed by atoms with Crippen molar-refractivity contribution in [3.05, 3.63) is 41.5 Å². The van der Waals surface area contributed by atoms with Crippen molar-refractivity contribution >= 4 is 5.57 Å². The van der Waals surface area contributed by atoms with Gasteiger partial charge in [-0.1, -0.05) is 37.3 Å². The van der Waals surface area contributed by atoms with Crippen LogP contribution in [0.2, 0.25) is 0 Å². The van der Waals surface area contributed by atoms with Crippen molar-refractivity contribution < 1.29 is 0 Å². The Bertz CT molecular complexity index is 356. The Balaban J connectivity index is 3.14. The van der Waals surface area contributed by atoms with Crippen LogP contribution in [0.25, 0.3) is 5.57 Å². The van der Waals surface area contributed by atoms with Gasteiger partial charge in [0.25, 0.3) is 0 Å². The van der Waals surface area contributed by atoms with Crippen molar-refractivity contribution in [2.45, 2.75) is 20.3 Å². The van der Waals surface area contributed by atoms with Gasteiger partial charge in [0.05, 0.1) is 11.6 Å². The molecule has 0 radical (unpaired) electrons. The lowest BCUT2D eigenvalue weighted by atomic mass is 10.0. The Morgan fingerprint density at radius 2 is 2.15 bits per heavy atom. The number of hydrogen-bond acceptors (Lipinski definition) is 1. The molecule has 1 aromatic carbocycles. The van der Waals surface area contributed by atoms with E-state index in [-0.39, 0.29) is 0 Å². The molecule has 0 atom stereocenters. The zero-order chi connectivity index (χ0) is 9.68. The van der Waals surface area contributed by atoms with Crippen molar-refractivity contribution in [2.24, 2.45) is 0 Å². The van der Waals surface area contributed by atoms with Crippen molar-refractivity contribution in [1.82, 2.24) is 0 Å². The van der Waals surface area contributed by atoms with Crippen molar-refractivity contribution in [3.8, 4) is 6.07 Å². The molecule has 1 rings (SSSR count). The van der Waals surface area contributed by atoms with E-state index in [0.717, 1.165) is 23.1 Å². The zero-order valence-electron chi connectivity index (χ0n) is 8.04. The smallest absolute Gasteiger partial charge is 0.0994 e. The third-order valence-corrected chi connectivity index (χ3v) is 1.96. The summed E-state index contributed by atoms with van der Waals surface area (Å²) in [4.78, 5) is 0. The Hall–Kier alpha value is -1.55. The second kappa shape index (κ2) is 4.47. The summed E-state index contributed by atoms with van der Waals surface area (Å²) in [5.74, 6) is 0. The second-order valence-electron chi connectivity index (χ2n) is 2.95. The molecule has 66 valence electrons. The monoisotopic (exact) mass is 171 g/mol. The fraction of sp³-hybridized carbons (Fsp3) is 0.250. The molecule has 1 nitrogen and oxygen atoms in total. The van der Waals surface area contributed by atoms with Crippen LogP contribution in [0.15, 0.2) is 30.3 Å². The van der Waals surface area contributed by atoms with Crippen molar-refractivity contribution in [2.75, 3.05) is 0 Å². The van der Waals surface area contributed by atoms with Gasteiger partial charge in [-0.2, -0.15) is 5.26 Å². The summed E-state index contributed by atoms with van der Waals surface area (Å²) < 4.78 is 0. The van der Waals surface area contributed by atoms with E-state index in [9.17, 15) is 0 Å². The molecule has 0 aliphatic rings. The van der Waals surface area contributed by atoms with Gasteiger partial charge in [0.15, 0.2) is 0 Å². The maximum Gasteiger partial charge on any atom is 0.0994 e. The molecule has 0 heterocycles. The zero-order valence-corrected chi connectivity index (χ0v) is 8.04. The topological polar surface area (TPSA) is 23.8 Å². The summed E-state index contributed by atoms with van der Waals surface area (Å²) in [5, 5.41) is 8.92. The average Bonchev–Trinajstić information content (AvgIpc) is 2.16. The van der Waals surface area contributed by atoms with Gasteiger partial charge >= 0.3 is 0 Å². The number of aryl methyl sites for hydroxylation is 1. The maximum absolute atomic E-state index is 8.92. The Morgan fingerprint density at radius 3 is 2.69 bits per heavy atom. The van der Waals surface area contributed by atoms with E-state index in [4.69, 9.17) is 5.26 Å². The standard InChI is InChI=1S/C12H13N/c1-3-6-11(9-13)12-8-5-4-7-10(12)2/h4-8H,3H2,1-2H3. The lowest BCUT2D eigenvalue weighted by Gasteiger charge is -2.02. The van der Waals surface area contributed by atoms with Gasteiger partial charge in [0.1, 0.15) is 0 Å². The molecule has 0 amide bonds. The van der Waals surface area contributed by atoms with Crippen molar-refractivity contribution in [3.63, 3.8) is 0 Å². The predicted molar refractivity (Wildman–Crippen MR) is 55.1 cm³/mol. The molecule has 0 spiro atoms. The van der Waals surface area contributed by atoms with Crippen LogP contribution in [0.5, 0.6) is 0 Å². The van der Waals surface area contributed by atoms with Gasteiger partial charge in [0, 0.05) is 0 Å². The molecule has 1 heteroatoms. The molecule has 0 saturated heterocycles. The first-order valence-corrected chi connectivity index (χ1v) is 4.45. The SMILES string of the molecule is CCC=C(C#N)c1ccccc1C. The highest BCUT2D eigenvalue weighted by molar-refractivity contribution is 5.78. The van der Waals surface area contributed by atoms with Crippen LogP contribution >= 0.6 is 0 Å². The second-order valence-corrected chi connectivity index (χ2v) is 2.95. The Labute approximate surface area is 79.3 Å². The minimum absolute atomic E-state index is 0.778. The molecule has 0 unspecified atom stereocenters. The van der Waals surface area contributed by atoms with Gasteiger partial charge in [0.2, 0.25) is 0 Å². The van der Waals surface area contributed by atoms with Crippen LogP contribution in [0.3, 0.4) is 0 Å². The van der Waals surface area contributed by atoms with Crippen LogP contribution < -0.4 is 0 Å². The van der Waals surface area contributed by atoms with Crippen molar-refractivity contribution in [1.29, 1.82) is 5.26 Å². The first-order valence-electron chi connectivity index (χ1n) is 4.45. The molecule has 0 fully saturated rings. The molecule has 0 aliphatic carbocycles. The molecule has 1 aromatic rings. The number of nitrogens with zero attached hydrogens (tertiary/aromatic N) is 1. The van der Waals surface area contributed by atoms with Gasteiger partial charge in [-0.05, 0) is 24.5 Å². The molecule has 0 bridgehead atoms. The third kappa shape index (κ3) is 2.19. The minimum atomic E-state index is 0.778. The van der Waals surface area contributed by atoms with Gasteiger partial charge < -0.3 is 0 Å². The molecule has 0 aliphatic heterocycles. The lowest BCUT2D eigenvalue weighted by molar-refractivity contribution is 1.22. The van der Waals surface area contributed by atoms with Crippen LogP contribution in [-0.2, 0) is 0 Å². The van der Waals surface area contributed by atoms with E-state index in [2.05, 4.69) is 6.07 Å². The molecule has 0 N–H and O–H groups in total. The first kappa shape index (κ1) is 9.54. The van der Waals surface area contributed by atoms with Gasteiger partial charge in [-0.3, -0.25) is 0 Å². The molecule has 0 saturated carbocycles. The number of benzene rings is 1. The molecular weight excluding hydrogens is 158 g/mol. The highest BCUT2D eigenvalue weighted by Gasteiger charge is 2.01. The van der Waals surface area contributed by atoms with E-state index < -0.39 is 0 Å². The van der Waals surface area contributed by atoms with E-state index in [1.54, 1.807) is 0 Å². The number of nitriles is 1. The fourth-order valence-electron chi connectivity index (χ4n) is 1.30. The highest BCUT2D eigenvalue weighted by Crippen LogP contribution is 2.17. The normalized spacial score (nSPS) is 11.0. The fourth-order valence-corrected chi connectivity index (χ4v) is 1.30. The summed E-state index contributed by atoms with van der Waals surface area (Å²) in [6, 6.07) is 10.2. The summed E-state index contributed by atoms with van der Waals surface area (Å²) in [6.45, 7) is 4.06. The van der Waals surface area contributed by atoms with E-state index in [0.29, 0.717) is 0 Å².